The summed E-state index contributed by atoms with van der Waals surface area (Å²) >= 11 is 1.73. The van der Waals surface area contributed by atoms with Crippen LogP contribution < -0.4 is 0 Å². The van der Waals surface area contributed by atoms with Gasteiger partial charge in [0.05, 0.1) is 11.5 Å². The molecule has 0 aliphatic rings. The van der Waals surface area contributed by atoms with Crippen LogP contribution in [0.3, 0.4) is 0 Å². The summed E-state index contributed by atoms with van der Waals surface area (Å²) in [6.07, 6.45) is 0. The molecule has 1 heterocycles. The van der Waals surface area contributed by atoms with E-state index in [1.165, 1.54) is 20.5 Å². The summed E-state index contributed by atoms with van der Waals surface area (Å²) < 4.78 is 1.27. The van der Waals surface area contributed by atoms with Gasteiger partial charge >= 0.3 is 0 Å². The van der Waals surface area contributed by atoms with Crippen LogP contribution in [0.15, 0.2) is 24.3 Å². The first-order valence-electron chi connectivity index (χ1n) is 4.96. The number of nitriles is 1. The Morgan fingerprint density at radius 2 is 1.93 bits per heavy atom. The lowest BCUT2D eigenvalue weighted by atomic mass is 9.90. The van der Waals surface area contributed by atoms with Crippen molar-refractivity contribution >= 4 is 21.4 Å². The molecule has 1 aromatic heterocycles. The second-order valence-electron chi connectivity index (χ2n) is 4.29. The van der Waals surface area contributed by atoms with Crippen molar-refractivity contribution in [1.29, 1.82) is 5.26 Å². The van der Waals surface area contributed by atoms with Crippen LogP contribution in [0, 0.1) is 18.3 Å². The van der Waals surface area contributed by atoms with E-state index in [1.54, 1.807) is 11.3 Å². The summed E-state index contributed by atoms with van der Waals surface area (Å²) in [4.78, 5) is 1.19. The van der Waals surface area contributed by atoms with Crippen molar-refractivity contribution in [3.8, 4) is 6.07 Å². The lowest BCUT2D eigenvalue weighted by Gasteiger charge is -2.13. The van der Waals surface area contributed by atoms with Gasteiger partial charge in [-0.1, -0.05) is 18.2 Å². The monoisotopic (exact) mass is 215 g/mol. The fraction of sp³-hybridized carbons (Fsp3) is 0.308. The number of hydrogen-bond donors (Lipinski definition) is 0. The molecule has 0 saturated carbocycles. The van der Waals surface area contributed by atoms with E-state index in [2.05, 4.69) is 25.1 Å². The van der Waals surface area contributed by atoms with E-state index in [-0.39, 0.29) is 5.41 Å². The molecule has 0 unspecified atom stereocenters. The molecule has 1 nitrogen and oxygen atoms in total. The smallest absolute Gasteiger partial charge is 0.0861 e. The maximum absolute atomic E-state index is 9.15. The van der Waals surface area contributed by atoms with Crippen LogP contribution in [0.1, 0.15) is 24.3 Å². The molecule has 0 N–H and O–H groups in total. The van der Waals surface area contributed by atoms with E-state index in [1.807, 2.05) is 26.0 Å². The van der Waals surface area contributed by atoms with Crippen molar-refractivity contribution in [2.75, 3.05) is 0 Å². The van der Waals surface area contributed by atoms with Crippen molar-refractivity contribution in [3.05, 3.63) is 34.7 Å². The van der Waals surface area contributed by atoms with Crippen LogP contribution in [-0.2, 0) is 5.41 Å². The Bertz CT molecular complexity index is 543. The predicted octanol–water partition coefficient (Wildman–Crippen LogP) is 4.01. The van der Waals surface area contributed by atoms with Gasteiger partial charge < -0.3 is 0 Å². The molecular formula is C13H13NS. The first kappa shape index (κ1) is 10.2. The summed E-state index contributed by atoms with van der Waals surface area (Å²) in [6, 6.07) is 10.7. The third-order valence-electron chi connectivity index (χ3n) is 2.69. The van der Waals surface area contributed by atoms with Crippen molar-refractivity contribution in [1.82, 2.24) is 0 Å². The molecule has 76 valence electrons. The molecule has 0 aliphatic carbocycles. The summed E-state index contributed by atoms with van der Waals surface area (Å²) in [5.74, 6) is 0. The van der Waals surface area contributed by atoms with Gasteiger partial charge in [0.1, 0.15) is 0 Å². The topological polar surface area (TPSA) is 23.8 Å². The van der Waals surface area contributed by atoms with Gasteiger partial charge in [0.15, 0.2) is 0 Å². The first-order chi connectivity index (χ1) is 7.06. The Hall–Kier alpha value is -1.33. The van der Waals surface area contributed by atoms with Gasteiger partial charge in [-0.25, -0.2) is 0 Å². The third-order valence-corrected chi connectivity index (χ3v) is 4.29. The highest BCUT2D eigenvalue weighted by molar-refractivity contribution is 7.19. The van der Waals surface area contributed by atoms with Crippen LogP contribution >= 0.6 is 11.3 Å². The highest BCUT2D eigenvalue weighted by atomic mass is 32.1. The van der Waals surface area contributed by atoms with Gasteiger partial charge in [-0.2, -0.15) is 5.26 Å². The molecule has 2 aromatic rings. The molecule has 0 radical (unpaired) electrons. The molecule has 0 amide bonds. The van der Waals surface area contributed by atoms with Crippen LogP contribution in [0.2, 0.25) is 0 Å². The van der Waals surface area contributed by atoms with E-state index < -0.39 is 0 Å². The SMILES string of the molecule is Cc1c(C(C)(C)C#N)sc2ccccc12. The van der Waals surface area contributed by atoms with E-state index in [0.29, 0.717) is 0 Å². The second-order valence-corrected chi connectivity index (χ2v) is 5.34. The van der Waals surface area contributed by atoms with Crippen LogP contribution in [0.5, 0.6) is 0 Å². The van der Waals surface area contributed by atoms with E-state index in [4.69, 9.17) is 5.26 Å². The summed E-state index contributed by atoms with van der Waals surface area (Å²) in [5, 5.41) is 10.4. The molecule has 0 spiro atoms. The second kappa shape index (κ2) is 3.36. The Morgan fingerprint density at radius 1 is 1.27 bits per heavy atom. The van der Waals surface area contributed by atoms with Gasteiger partial charge in [0, 0.05) is 9.58 Å². The number of aryl methyl sites for hydroxylation is 1. The predicted molar refractivity (Wildman–Crippen MR) is 65.2 cm³/mol. The van der Waals surface area contributed by atoms with Gasteiger partial charge in [0.2, 0.25) is 0 Å². The zero-order valence-corrected chi connectivity index (χ0v) is 9.98. The van der Waals surface area contributed by atoms with Crippen LogP contribution in [-0.4, -0.2) is 0 Å². The zero-order valence-electron chi connectivity index (χ0n) is 9.16. The highest BCUT2D eigenvalue weighted by Gasteiger charge is 2.25. The van der Waals surface area contributed by atoms with Crippen molar-refractivity contribution in [2.24, 2.45) is 0 Å². The van der Waals surface area contributed by atoms with E-state index >= 15 is 0 Å². The Balaban J connectivity index is 2.75. The van der Waals surface area contributed by atoms with E-state index in [9.17, 15) is 0 Å². The summed E-state index contributed by atoms with van der Waals surface area (Å²) in [6.45, 7) is 6.06. The average molecular weight is 215 g/mol. The minimum absolute atomic E-state index is 0.381. The quantitative estimate of drug-likeness (QED) is 0.705. The molecule has 2 heteroatoms. The van der Waals surface area contributed by atoms with Crippen molar-refractivity contribution in [3.63, 3.8) is 0 Å². The number of hydrogen-bond acceptors (Lipinski definition) is 2. The molecule has 1 aromatic carbocycles. The minimum Gasteiger partial charge on any atom is -0.197 e. The molecule has 0 bridgehead atoms. The van der Waals surface area contributed by atoms with Gasteiger partial charge in [-0.05, 0) is 37.8 Å². The summed E-state index contributed by atoms with van der Waals surface area (Å²) in [7, 11) is 0. The fourth-order valence-electron chi connectivity index (χ4n) is 1.82. The van der Waals surface area contributed by atoms with Crippen LogP contribution in [0.25, 0.3) is 10.1 Å². The molecule has 0 saturated heterocycles. The minimum atomic E-state index is -0.381. The Kier molecular flexibility index (Phi) is 2.28. The maximum atomic E-state index is 9.15. The Labute approximate surface area is 94.0 Å². The molecule has 0 atom stereocenters. The molecule has 15 heavy (non-hydrogen) atoms. The number of fused-ring (bicyclic) bond motifs is 1. The lowest BCUT2D eigenvalue weighted by molar-refractivity contribution is 0.699. The highest BCUT2D eigenvalue weighted by Crippen LogP contribution is 2.37. The zero-order chi connectivity index (χ0) is 11.1. The van der Waals surface area contributed by atoms with Crippen molar-refractivity contribution < 1.29 is 0 Å². The largest absolute Gasteiger partial charge is 0.197 e. The van der Waals surface area contributed by atoms with Gasteiger partial charge in [0.25, 0.3) is 0 Å². The molecule has 0 fully saturated rings. The normalized spacial score (nSPS) is 11.6. The average Bonchev–Trinajstić information content (AvgIpc) is 2.58. The first-order valence-corrected chi connectivity index (χ1v) is 5.78. The maximum Gasteiger partial charge on any atom is 0.0861 e. The lowest BCUT2D eigenvalue weighted by Crippen LogP contribution is -2.12. The fourth-order valence-corrected chi connectivity index (χ4v) is 3.08. The molecular weight excluding hydrogens is 202 g/mol. The third kappa shape index (κ3) is 1.53. The number of rotatable bonds is 1. The van der Waals surface area contributed by atoms with Gasteiger partial charge in [-0.15, -0.1) is 11.3 Å². The van der Waals surface area contributed by atoms with Crippen molar-refractivity contribution in [2.45, 2.75) is 26.2 Å². The number of thiophene rings is 1. The molecule has 0 aliphatic heterocycles. The molecule has 2 rings (SSSR count). The number of benzene rings is 1. The van der Waals surface area contributed by atoms with Crippen LogP contribution in [0.4, 0.5) is 0 Å². The van der Waals surface area contributed by atoms with E-state index in [0.717, 1.165) is 0 Å². The van der Waals surface area contributed by atoms with Gasteiger partial charge in [-0.3, -0.25) is 0 Å². The standard InChI is InChI=1S/C13H13NS/c1-9-10-6-4-5-7-11(10)15-12(9)13(2,3)8-14/h4-7H,1-3H3. The number of nitrogens with zero attached hydrogens (tertiary/aromatic N) is 1. The Morgan fingerprint density at radius 3 is 2.53 bits per heavy atom. The summed E-state index contributed by atoms with van der Waals surface area (Å²) in [5.41, 5.74) is 0.871.